The average Bonchev–Trinajstić information content (AvgIpc) is 3.66. The van der Waals surface area contributed by atoms with Crippen LogP contribution >= 0.6 is 0 Å². The Bertz CT molecular complexity index is 1760. The molecule has 0 radical (unpaired) electrons. The first-order valence-corrected chi connectivity index (χ1v) is 12.9. The number of fused-ring (bicyclic) bond motifs is 3. The number of hydrogen-bond acceptors (Lipinski definition) is 12. The van der Waals surface area contributed by atoms with Gasteiger partial charge in [0.2, 0.25) is 0 Å². The van der Waals surface area contributed by atoms with Crippen LogP contribution < -0.4 is 9.47 Å². The van der Waals surface area contributed by atoms with Crippen molar-refractivity contribution >= 4 is 0 Å². The van der Waals surface area contributed by atoms with Crippen molar-refractivity contribution in [1.82, 2.24) is 0 Å². The van der Waals surface area contributed by atoms with Gasteiger partial charge < -0.3 is 60.2 Å². The van der Waals surface area contributed by atoms with Crippen LogP contribution in [0, 0.1) is 0 Å². The normalized spacial score (nSPS) is 25.4. The molecule has 216 valence electrons. The van der Waals surface area contributed by atoms with Crippen molar-refractivity contribution in [2.75, 3.05) is 0 Å². The fraction of sp³-hybridized carbons (Fsp3) is 0.200. The van der Waals surface area contributed by atoms with Crippen molar-refractivity contribution in [3.63, 3.8) is 0 Å². The number of epoxide rings is 1. The predicted molar refractivity (Wildman–Crippen MR) is 141 cm³/mol. The number of rotatable bonds is 3. The third-order valence-electron chi connectivity index (χ3n) is 7.94. The molecule has 4 aromatic rings. The minimum absolute atomic E-state index is 0.00998. The van der Waals surface area contributed by atoms with Crippen molar-refractivity contribution in [2.24, 2.45) is 0 Å². The van der Waals surface area contributed by atoms with E-state index in [-0.39, 0.29) is 52.0 Å². The van der Waals surface area contributed by atoms with Gasteiger partial charge >= 0.3 is 0 Å². The molecule has 42 heavy (non-hydrogen) atoms. The molecule has 1 fully saturated rings. The summed E-state index contributed by atoms with van der Waals surface area (Å²) in [5, 5.41) is 92.9. The molecule has 0 aliphatic carbocycles. The molecule has 0 aromatic heterocycles. The molecule has 12 nitrogen and oxygen atoms in total. The highest BCUT2D eigenvalue weighted by Gasteiger charge is 2.69. The van der Waals surface area contributed by atoms with E-state index in [9.17, 15) is 46.0 Å². The Balaban J connectivity index is 1.40. The van der Waals surface area contributed by atoms with Crippen molar-refractivity contribution in [2.45, 2.75) is 36.4 Å². The topological polar surface area (TPSA) is 213 Å². The predicted octanol–water partition coefficient (Wildman–Crippen LogP) is 3.14. The monoisotopic (exact) mass is 576 g/mol. The summed E-state index contributed by atoms with van der Waals surface area (Å²) < 4.78 is 18.5. The van der Waals surface area contributed by atoms with E-state index >= 15 is 0 Å². The minimum Gasteiger partial charge on any atom is -0.508 e. The van der Waals surface area contributed by atoms with Gasteiger partial charge in [0.25, 0.3) is 5.79 Å². The zero-order valence-electron chi connectivity index (χ0n) is 21.5. The van der Waals surface area contributed by atoms with Crippen LogP contribution in [0.2, 0.25) is 0 Å². The molecule has 12 heteroatoms. The van der Waals surface area contributed by atoms with Gasteiger partial charge in [-0.3, -0.25) is 0 Å². The number of benzene rings is 4. The van der Waals surface area contributed by atoms with Crippen LogP contribution in [0.15, 0.2) is 54.6 Å². The zero-order chi connectivity index (χ0) is 29.7. The largest absolute Gasteiger partial charge is 0.508 e. The number of aliphatic hydroxyl groups excluding tert-OH is 1. The first kappa shape index (κ1) is 25.7. The molecule has 1 saturated heterocycles. The Hall–Kier alpha value is -5.20. The Kier molecular flexibility index (Phi) is 5.30. The second kappa shape index (κ2) is 8.65. The van der Waals surface area contributed by atoms with E-state index < -0.39 is 53.0 Å². The highest BCUT2D eigenvalue weighted by atomic mass is 16.8. The minimum atomic E-state index is -1.51. The second-order valence-electron chi connectivity index (χ2n) is 10.6. The summed E-state index contributed by atoms with van der Waals surface area (Å²) in [4.78, 5) is 0. The Morgan fingerprint density at radius 2 is 1.43 bits per heavy atom. The SMILES string of the molecule is Oc1cc(O)c2c(c1)O[C@@]1(c3ccc(O)c(O)c3)O[C@H]1[C@H]2c1cc(O)cc2c1O[C@H](c1cc(O)c(O)c(O)c1)[C@@H](O)C2. The van der Waals surface area contributed by atoms with E-state index in [1.165, 1.54) is 36.4 Å². The van der Waals surface area contributed by atoms with E-state index in [0.29, 0.717) is 16.7 Å². The maximum atomic E-state index is 11.0. The molecule has 5 atom stereocenters. The van der Waals surface area contributed by atoms with Crippen LogP contribution in [0.4, 0.5) is 0 Å². The molecular weight excluding hydrogens is 552 g/mol. The van der Waals surface area contributed by atoms with E-state index in [1.807, 2.05) is 0 Å². The quantitative estimate of drug-likeness (QED) is 0.127. The van der Waals surface area contributed by atoms with E-state index in [2.05, 4.69) is 0 Å². The van der Waals surface area contributed by atoms with Gasteiger partial charge in [-0.2, -0.15) is 0 Å². The van der Waals surface area contributed by atoms with Gasteiger partial charge in [-0.1, -0.05) is 0 Å². The third-order valence-corrected chi connectivity index (χ3v) is 7.94. The molecule has 0 saturated carbocycles. The lowest BCUT2D eigenvalue weighted by atomic mass is 9.79. The Morgan fingerprint density at radius 3 is 2.14 bits per heavy atom. The highest BCUT2D eigenvalue weighted by Crippen LogP contribution is 2.64. The number of ether oxygens (including phenoxy) is 3. The lowest BCUT2D eigenvalue weighted by Gasteiger charge is -2.35. The first-order valence-electron chi connectivity index (χ1n) is 12.9. The zero-order valence-corrected chi connectivity index (χ0v) is 21.5. The molecule has 9 N–H and O–H groups in total. The van der Waals surface area contributed by atoms with Gasteiger partial charge in [0.1, 0.15) is 34.9 Å². The van der Waals surface area contributed by atoms with Gasteiger partial charge in [0.15, 0.2) is 34.9 Å². The highest BCUT2D eigenvalue weighted by molar-refractivity contribution is 5.63. The molecule has 7 rings (SSSR count). The number of phenols is 8. The summed E-state index contributed by atoms with van der Waals surface area (Å²) in [6.45, 7) is 0. The summed E-state index contributed by atoms with van der Waals surface area (Å²) in [7, 11) is 0. The fourth-order valence-electron chi connectivity index (χ4n) is 6.02. The molecule has 3 aliphatic rings. The average molecular weight is 577 g/mol. The number of aromatic hydroxyl groups is 8. The Labute approximate surface area is 236 Å². The Morgan fingerprint density at radius 1 is 0.714 bits per heavy atom. The summed E-state index contributed by atoms with van der Waals surface area (Å²) in [5.41, 5.74) is 1.46. The smallest absolute Gasteiger partial charge is 0.265 e. The van der Waals surface area contributed by atoms with E-state index in [0.717, 1.165) is 18.2 Å². The standard InChI is InChI=1S/C30H24O12/c31-14-3-11-6-22(38)28(12-4-20(36)26(39)21(37)5-12)40-27(11)16(8-14)24-25-19(35)9-15(32)10-23(25)41-30(29(24)42-30)13-1-2-17(33)18(34)7-13/h1-5,7-10,22,24,28-29,31-39H,6H2/t22-,24-,28+,29-,30-/m0/s1. The number of hydrogen-bond donors (Lipinski definition) is 9. The van der Waals surface area contributed by atoms with Gasteiger partial charge in [-0.05, 0) is 42.5 Å². The maximum Gasteiger partial charge on any atom is 0.265 e. The van der Waals surface area contributed by atoms with Crippen LogP contribution in [0.5, 0.6) is 57.5 Å². The first-order chi connectivity index (χ1) is 20.0. The molecule has 3 heterocycles. The van der Waals surface area contributed by atoms with E-state index in [4.69, 9.17) is 14.2 Å². The van der Waals surface area contributed by atoms with Gasteiger partial charge in [0.05, 0.1) is 12.0 Å². The maximum absolute atomic E-state index is 11.0. The summed E-state index contributed by atoms with van der Waals surface area (Å²) >= 11 is 0. The summed E-state index contributed by atoms with van der Waals surface area (Å²) in [6, 6.07) is 11.6. The van der Waals surface area contributed by atoms with Crippen LogP contribution in [-0.2, 0) is 16.9 Å². The van der Waals surface area contributed by atoms with Gasteiger partial charge in [-0.15, -0.1) is 0 Å². The van der Waals surface area contributed by atoms with Crippen LogP contribution in [0.25, 0.3) is 0 Å². The van der Waals surface area contributed by atoms with Crippen molar-refractivity contribution in [1.29, 1.82) is 0 Å². The lowest BCUT2D eigenvalue weighted by Crippen LogP contribution is -2.33. The molecule has 4 aromatic carbocycles. The molecule has 0 spiro atoms. The second-order valence-corrected chi connectivity index (χ2v) is 10.6. The van der Waals surface area contributed by atoms with E-state index in [1.54, 1.807) is 0 Å². The van der Waals surface area contributed by atoms with Crippen LogP contribution in [0.3, 0.4) is 0 Å². The molecule has 0 unspecified atom stereocenters. The van der Waals surface area contributed by atoms with Gasteiger partial charge in [-0.25, -0.2) is 0 Å². The van der Waals surface area contributed by atoms with Crippen LogP contribution in [-0.4, -0.2) is 58.2 Å². The molecular formula is C30H24O12. The third kappa shape index (κ3) is 3.69. The van der Waals surface area contributed by atoms with Crippen molar-refractivity contribution in [3.05, 3.63) is 82.4 Å². The summed E-state index contributed by atoms with van der Waals surface area (Å²) in [6.07, 6.45) is -3.17. The molecule has 0 amide bonds. The number of phenolic OH excluding ortho intramolecular Hbond substituents is 8. The van der Waals surface area contributed by atoms with Crippen LogP contribution in [0.1, 0.15) is 39.8 Å². The fourth-order valence-corrected chi connectivity index (χ4v) is 6.02. The molecule has 0 bridgehead atoms. The number of aliphatic hydroxyl groups is 1. The molecule has 3 aliphatic heterocycles. The summed E-state index contributed by atoms with van der Waals surface area (Å²) in [5.74, 6) is -5.65. The van der Waals surface area contributed by atoms with Gasteiger partial charge in [0, 0.05) is 46.4 Å². The van der Waals surface area contributed by atoms with Crippen molar-refractivity contribution < 1.29 is 60.2 Å². The lowest BCUT2D eigenvalue weighted by molar-refractivity contribution is 0.0194. The van der Waals surface area contributed by atoms with Crippen molar-refractivity contribution in [3.8, 4) is 57.5 Å².